The van der Waals surface area contributed by atoms with E-state index >= 15 is 0 Å². The highest BCUT2D eigenvalue weighted by Gasteiger charge is 2.17. The van der Waals surface area contributed by atoms with E-state index in [1.807, 2.05) is 0 Å². The zero-order valence-electron chi connectivity index (χ0n) is 11.2. The van der Waals surface area contributed by atoms with Gasteiger partial charge in [0.1, 0.15) is 5.75 Å². The van der Waals surface area contributed by atoms with Gasteiger partial charge in [-0.3, -0.25) is 4.72 Å². The molecule has 0 saturated heterocycles. The van der Waals surface area contributed by atoms with Gasteiger partial charge in [0.25, 0.3) is 0 Å². The van der Waals surface area contributed by atoms with Crippen molar-refractivity contribution in [3.8, 4) is 5.75 Å². The lowest BCUT2D eigenvalue weighted by atomic mass is 10.2. The van der Waals surface area contributed by atoms with Crippen LogP contribution in [-0.4, -0.2) is 43.1 Å². The van der Waals surface area contributed by atoms with Gasteiger partial charge in [0.05, 0.1) is 29.7 Å². The summed E-state index contributed by atoms with van der Waals surface area (Å²) in [5, 5.41) is 18.2. The van der Waals surface area contributed by atoms with Gasteiger partial charge >= 0.3 is 5.97 Å². The van der Waals surface area contributed by atoms with E-state index in [1.165, 1.54) is 12.1 Å². The molecule has 0 aromatic heterocycles. The summed E-state index contributed by atoms with van der Waals surface area (Å²) in [4.78, 5) is 11.0. The van der Waals surface area contributed by atoms with Crippen molar-refractivity contribution < 1.29 is 28.2 Å². The molecule has 1 rings (SSSR count). The fourth-order valence-corrected chi connectivity index (χ4v) is 2.34. The number of aromatic carboxylic acids is 1. The standard InChI is InChI=1S/C12H17NO6S/c1-8(2)19-5-6-20(17,18)13-11-4-3-9(14)7-10(11)12(15)16/h3-4,7-8,13-14H,5-6H2,1-2H3,(H,15,16). The van der Waals surface area contributed by atoms with Crippen LogP contribution in [0.1, 0.15) is 24.2 Å². The van der Waals surface area contributed by atoms with E-state index in [0.717, 1.165) is 6.07 Å². The van der Waals surface area contributed by atoms with Crippen LogP contribution >= 0.6 is 0 Å². The second kappa shape index (κ2) is 6.58. The maximum Gasteiger partial charge on any atom is 0.337 e. The van der Waals surface area contributed by atoms with Gasteiger partial charge in [-0.15, -0.1) is 0 Å². The van der Waals surface area contributed by atoms with E-state index in [-0.39, 0.29) is 35.5 Å². The van der Waals surface area contributed by atoms with E-state index < -0.39 is 16.0 Å². The Morgan fingerprint density at radius 1 is 1.40 bits per heavy atom. The summed E-state index contributed by atoms with van der Waals surface area (Å²) in [5.41, 5.74) is -0.418. The molecule has 0 amide bonds. The Labute approximate surface area is 117 Å². The molecule has 0 aliphatic carbocycles. The minimum Gasteiger partial charge on any atom is -0.508 e. The molecule has 0 aliphatic rings. The number of benzene rings is 1. The number of carboxylic acids is 1. The molecule has 0 heterocycles. The van der Waals surface area contributed by atoms with E-state index in [4.69, 9.17) is 9.84 Å². The molecule has 0 spiro atoms. The zero-order chi connectivity index (χ0) is 15.3. The van der Waals surface area contributed by atoms with E-state index in [2.05, 4.69) is 4.72 Å². The van der Waals surface area contributed by atoms with Crippen molar-refractivity contribution in [2.75, 3.05) is 17.1 Å². The molecular weight excluding hydrogens is 286 g/mol. The predicted octanol–water partition coefficient (Wildman–Crippen LogP) is 1.26. The maximum atomic E-state index is 11.8. The third-order valence-electron chi connectivity index (χ3n) is 2.30. The Morgan fingerprint density at radius 3 is 2.60 bits per heavy atom. The monoisotopic (exact) mass is 303 g/mol. The summed E-state index contributed by atoms with van der Waals surface area (Å²) < 4.78 is 30.9. The van der Waals surface area contributed by atoms with Crippen LogP contribution in [0.25, 0.3) is 0 Å². The molecule has 3 N–H and O–H groups in total. The summed E-state index contributed by atoms with van der Waals surface area (Å²) in [6.45, 7) is 3.57. The lowest BCUT2D eigenvalue weighted by Crippen LogP contribution is -2.22. The van der Waals surface area contributed by atoms with Crippen LogP contribution in [0.15, 0.2) is 18.2 Å². The molecule has 0 unspecified atom stereocenters. The minimum absolute atomic E-state index is 0.00743. The summed E-state index contributed by atoms with van der Waals surface area (Å²) in [7, 11) is -3.72. The molecule has 0 radical (unpaired) electrons. The molecule has 7 nitrogen and oxygen atoms in total. The lowest BCUT2D eigenvalue weighted by molar-refractivity contribution is 0.0697. The third-order valence-corrected chi connectivity index (χ3v) is 3.54. The molecule has 0 fully saturated rings. The van der Waals surface area contributed by atoms with Crippen LogP contribution < -0.4 is 4.72 Å². The topological polar surface area (TPSA) is 113 Å². The molecule has 0 atom stereocenters. The molecule has 112 valence electrons. The van der Waals surface area contributed by atoms with Gasteiger partial charge in [-0.2, -0.15) is 0 Å². The number of phenols is 1. The van der Waals surface area contributed by atoms with Crippen molar-refractivity contribution in [2.45, 2.75) is 20.0 Å². The van der Waals surface area contributed by atoms with Crippen molar-refractivity contribution in [3.63, 3.8) is 0 Å². The van der Waals surface area contributed by atoms with Crippen molar-refractivity contribution in [1.82, 2.24) is 0 Å². The number of anilines is 1. The number of sulfonamides is 1. The largest absolute Gasteiger partial charge is 0.508 e. The zero-order valence-corrected chi connectivity index (χ0v) is 12.0. The number of hydrogen-bond acceptors (Lipinski definition) is 5. The average Bonchev–Trinajstić information content (AvgIpc) is 2.30. The second-order valence-corrected chi connectivity index (χ2v) is 6.22. The number of ether oxygens (including phenoxy) is 1. The van der Waals surface area contributed by atoms with Gasteiger partial charge in [-0.05, 0) is 32.0 Å². The maximum absolute atomic E-state index is 11.8. The number of hydrogen-bond donors (Lipinski definition) is 3. The molecule has 0 bridgehead atoms. The van der Waals surface area contributed by atoms with Crippen LogP contribution in [-0.2, 0) is 14.8 Å². The molecule has 1 aromatic carbocycles. The highest BCUT2D eigenvalue weighted by molar-refractivity contribution is 7.92. The van der Waals surface area contributed by atoms with Crippen molar-refractivity contribution >= 4 is 21.7 Å². The first-order valence-electron chi connectivity index (χ1n) is 5.89. The number of aromatic hydroxyl groups is 1. The Kier molecular flexibility index (Phi) is 5.34. The Morgan fingerprint density at radius 2 is 2.05 bits per heavy atom. The fourth-order valence-electron chi connectivity index (χ4n) is 1.41. The van der Waals surface area contributed by atoms with Gasteiger partial charge in [-0.25, -0.2) is 13.2 Å². The first-order chi connectivity index (χ1) is 9.21. The van der Waals surface area contributed by atoms with Gasteiger partial charge in [0.2, 0.25) is 10.0 Å². The normalized spacial score (nSPS) is 11.6. The van der Waals surface area contributed by atoms with Crippen LogP contribution in [0.3, 0.4) is 0 Å². The van der Waals surface area contributed by atoms with Gasteiger partial charge in [0, 0.05) is 0 Å². The Bertz CT molecular complexity index is 582. The lowest BCUT2D eigenvalue weighted by Gasteiger charge is -2.12. The SMILES string of the molecule is CC(C)OCCS(=O)(=O)Nc1ccc(O)cc1C(=O)O. The molecular formula is C12H17NO6S. The summed E-state index contributed by atoms with van der Waals surface area (Å²) >= 11 is 0. The van der Waals surface area contributed by atoms with Gasteiger partial charge in [0.15, 0.2) is 0 Å². The Balaban J connectivity index is 2.84. The van der Waals surface area contributed by atoms with E-state index in [1.54, 1.807) is 13.8 Å². The first kappa shape index (κ1) is 16.3. The minimum atomic E-state index is -3.72. The van der Waals surface area contributed by atoms with Crippen LogP contribution in [0.2, 0.25) is 0 Å². The molecule has 1 aromatic rings. The number of rotatable bonds is 7. The van der Waals surface area contributed by atoms with Crippen LogP contribution in [0.5, 0.6) is 5.75 Å². The van der Waals surface area contributed by atoms with Gasteiger partial charge < -0.3 is 14.9 Å². The first-order valence-corrected chi connectivity index (χ1v) is 7.55. The molecule has 0 saturated carbocycles. The number of carbonyl (C=O) groups is 1. The summed E-state index contributed by atoms with van der Waals surface area (Å²) in [5.74, 6) is -1.88. The van der Waals surface area contributed by atoms with Crippen molar-refractivity contribution in [1.29, 1.82) is 0 Å². The average molecular weight is 303 g/mol. The molecule has 8 heteroatoms. The van der Waals surface area contributed by atoms with Crippen LogP contribution in [0.4, 0.5) is 5.69 Å². The predicted molar refractivity (Wildman–Crippen MR) is 73.6 cm³/mol. The number of carboxylic acid groups (broad SMARTS) is 1. The fraction of sp³-hybridized carbons (Fsp3) is 0.417. The number of nitrogens with one attached hydrogen (secondary N) is 1. The van der Waals surface area contributed by atoms with E-state index in [0.29, 0.717) is 0 Å². The summed E-state index contributed by atoms with van der Waals surface area (Å²) in [6.07, 6.45) is -0.0894. The molecule has 20 heavy (non-hydrogen) atoms. The van der Waals surface area contributed by atoms with Gasteiger partial charge in [-0.1, -0.05) is 0 Å². The second-order valence-electron chi connectivity index (χ2n) is 4.38. The third kappa shape index (κ3) is 5.06. The quantitative estimate of drug-likeness (QED) is 0.653. The van der Waals surface area contributed by atoms with Crippen molar-refractivity contribution in [2.24, 2.45) is 0 Å². The van der Waals surface area contributed by atoms with Crippen LogP contribution in [0, 0.1) is 0 Å². The van der Waals surface area contributed by atoms with E-state index in [9.17, 15) is 18.3 Å². The Hall–Kier alpha value is -1.80. The van der Waals surface area contributed by atoms with Crippen molar-refractivity contribution in [3.05, 3.63) is 23.8 Å². The summed E-state index contributed by atoms with van der Waals surface area (Å²) in [6, 6.07) is 3.37. The smallest absolute Gasteiger partial charge is 0.337 e. The molecule has 0 aliphatic heterocycles. The highest BCUT2D eigenvalue weighted by Crippen LogP contribution is 2.22. The highest BCUT2D eigenvalue weighted by atomic mass is 32.2. The number of phenolic OH excluding ortho intramolecular Hbond substituents is 1.